The van der Waals surface area contributed by atoms with Gasteiger partial charge in [0, 0.05) is 31.4 Å². The third-order valence-electron chi connectivity index (χ3n) is 5.10. The second-order valence-electron chi connectivity index (χ2n) is 7.04. The monoisotopic (exact) mass is 363 g/mol. The van der Waals surface area contributed by atoms with Crippen molar-refractivity contribution in [1.29, 1.82) is 0 Å². The van der Waals surface area contributed by atoms with Crippen molar-refractivity contribution in [2.45, 2.75) is 38.1 Å². The molecule has 140 valence electrons. The minimum absolute atomic E-state index is 0.0482. The molecule has 1 aliphatic rings. The summed E-state index contributed by atoms with van der Waals surface area (Å²) in [6.45, 7) is 2.53. The minimum Gasteiger partial charge on any atom is -0.316 e. The first-order chi connectivity index (χ1) is 13.3. The van der Waals surface area contributed by atoms with Gasteiger partial charge >= 0.3 is 5.69 Å². The fourth-order valence-corrected chi connectivity index (χ4v) is 3.71. The fourth-order valence-electron chi connectivity index (χ4n) is 3.71. The van der Waals surface area contributed by atoms with Gasteiger partial charge in [0.15, 0.2) is 0 Å². The molecule has 3 aromatic rings. The highest BCUT2D eigenvalue weighted by atomic mass is 16.2. The van der Waals surface area contributed by atoms with Crippen molar-refractivity contribution >= 4 is 0 Å². The van der Waals surface area contributed by atoms with Gasteiger partial charge in [0.25, 0.3) is 0 Å². The lowest BCUT2D eigenvalue weighted by Crippen LogP contribution is -2.31. The van der Waals surface area contributed by atoms with Crippen LogP contribution in [0.2, 0.25) is 0 Å². The average Bonchev–Trinajstić information content (AvgIpc) is 3.06. The van der Waals surface area contributed by atoms with Crippen molar-refractivity contribution in [1.82, 2.24) is 24.6 Å². The fraction of sp³-hybridized carbons (Fsp3) is 0.381. The van der Waals surface area contributed by atoms with Crippen LogP contribution in [0.3, 0.4) is 0 Å². The molecule has 1 aromatic carbocycles. The van der Waals surface area contributed by atoms with Gasteiger partial charge in [0.05, 0.1) is 5.69 Å². The van der Waals surface area contributed by atoms with E-state index in [1.807, 2.05) is 42.6 Å². The Morgan fingerprint density at radius 2 is 2.04 bits per heavy atom. The summed E-state index contributed by atoms with van der Waals surface area (Å²) in [6.07, 6.45) is 7.58. The first kappa shape index (κ1) is 17.7. The lowest BCUT2D eigenvalue weighted by Gasteiger charge is -2.22. The van der Waals surface area contributed by atoms with E-state index in [1.165, 1.54) is 5.56 Å². The van der Waals surface area contributed by atoms with Crippen LogP contribution < -0.4 is 11.0 Å². The Hall–Kier alpha value is -2.73. The third kappa shape index (κ3) is 4.01. The van der Waals surface area contributed by atoms with Gasteiger partial charge in [-0.05, 0) is 56.0 Å². The number of hydrogen-bond donors (Lipinski definition) is 1. The van der Waals surface area contributed by atoms with E-state index < -0.39 is 0 Å². The van der Waals surface area contributed by atoms with E-state index in [2.05, 4.69) is 16.4 Å². The molecule has 1 N–H and O–H groups in total. The molecule has 0 amide bonds. The third-order valence-corrected chi connectivity index (χ3v) is 5.10. The lowest BCUT2D eigenvalue weighted by molar-refractivity contribution is 0.438. The van der Waals surface area contributed by atoms with E-state index in [1.54, 1.807) is 15.4 Å². The van der Waals surface area contributed by atoms with Crippen LogP contribution in [0, 0.1) is 0 Å². The maximum atomic E-state index is 13.1. The Bertz CT molecular complexity index is 911. The molecule has 0 bridgehead atoms. The van der Waals surface area contributed by atoms with Gasteiger partial charge in [-0.1, -0.05) is 24.3 Å². The van der Waals surface area contributed by atoms with Gasteiger partial charge in [-0.25, -0.2) is 14.0 Å². The predicted octanol–water partition coefficient (Wildman–Crippen LogP) is 2.53. The molecule has 3 heterocycles. The molecule has 6 heteroatoms. The van der Waals surface area contributed by atoms with Crippen LogP contribution in [-0.4, -0.2) is 32.4 Å². The number of rotatable bonds is 6. The molecule has 0 saturated carbocycles. The number of para-hydroxylation sites is 1. The van der Waals surface area contributed by atoms with E-state index >= 15 is 0 Å². The lowest BCUT2D eigenvalue weighted by atomic mass is 9.99. The van der Waals surface area contributed by atoms with Gasteiger partial charge in [-0.15, -0.1) is 0 Å². The molecule has 4 rings (SSSR count). The number of pyridine rings is 1. The van der Waals surface area contributed by atoms with Crippen LogP contribution >= 0.6 is 0 Å². The van der Waals surface area contributed by atoms with Gasteiger partial charge in [0.2, 0.25) is 0 Å². The summed E-state index contributed by atoms with van der Waals surface area (Å²) in [5.41, 5.74) is 2.03. The number of nitrogens with one attached hydrogen (secondary N) is 1. The van der Waals surface area contributed by atoms with Crippen LogP contribution in [0.15, 0.2) is 59.7 Å². The van der Waals surface area contributed by atoms with Crippen LogP contribution in [0.1, 0.15) is 36.6 Å². The topological polar surface area (TPSA) is 64.7 Å². The van der Waals surface area contributed by atoms with Crippen molar-refractivity contribution < 1.29 is 0 Å². The largest absolute Gasteiger partial charge is 0.350 e. The first-order valence-electron chi connectivity index (χ1n) is 9.68. The van der Waals surface area contributed by atoms with Crippen LogP contribution in [-0.2, 0) is 13.0 Å². The van der Waals surface area contributed by atoms with Gasteiger partial charge in [-0.3, -0.25) is 4.98 Å². The number of benzene rings is 1. The molecule has 1 atom stereocenters. The predicted molar refractivity (Wildman–Crippen MR) is 105 cm³/mol. The van der Waals surface area contributed by atoms with Crippen molar-refractivity contribution in [2.75, 3.05) is 13.1 Å². The molecule has 0 unspecified atom stereocenters. The zero-order valence-electron chi connectivity index (χ0n) is 15.4. The van der Waals surface area contributed by atoms with E-state index in [0.29, 0.717) is 6.54 Å². The highest BCUT2D eigenvalue weighted by Crippen LogP contribution is 2.23. The Morgan fingerprint density at radius 1 is 1.15 bits per heavy atom. The Labute approximate surface area is 158 Å². The smallest absolute Gasteiger partial charge is 0.316 e. The number of aryl methyl sites for hydroxylation is 2. The summed E-state index contributed by atoms with van der Waals surface area (Å²) in [7, 11) is 0. The molecule has 1 saturated heterocycles. The summed E-state index contributed by atoms with van der Waals surface area (Å²) < 4.78 is 3.43. The van der Waals surface area contributed by atoms with E-state index in [-0.39, 0.29) is 11.6 Å². The highest BCUT2D eigenvalue weighted by molar-refractivity contribution is 5.33. The molecule has 2 aromatic heterocycles. The SMILES string of the molecule is O=c1n(CCCc2cccnc2)nc([C@@H]2CCCNC2)n1-c1ccccc1. The maximum absolute atomic E-state index is 13.1. The van der Waals surface area contributed by atoms with Gasteiger partial charge in [0.1, 0.15) is 5.82 Å². The summed E-state index contributed by atoms with van der Waals surface area (Å²) >= 11 is 0. The quantitative estimate of drug-likeness (QED) is 0.731. The van der Waals surface area contributed by atoms with Gasteiger partial charge in [-0.2, -0.15) is 5.10 Å². The number of piperidine rings is 1. The van der Waals surface area contributed by atoms with E-state index in [9.17, 15) is 4.79 Å². The Balaban J connectivity index is 1.60. The first-order valence-corrected chi connectivity index (χ1v) is 9.68. The van der Waals surface area contributed by atoms with Crippen LogP contribution in [0.4, 0.5) is 0 Å². The molecule has 0 aliphatic carbocycles. The molecule has 0 radical (unpaired) electrons. The molecule has 1 fully saturated rings. The van der Waals surface area contributed by atoms with Crippen molar-refractivity contribution in [2.24, 2.45) is 0 Å². The highest BCUT2D eigenvalue weighted by Gasteiger charge is 2.24. The van der Waals surface area contributed by atoms with Crippen LogP contribution in [0.25, 0.3) is 5.69 Å². The normalized spacial score (nSPS) is 17.1. The maximum Gasteiger partial charge on any atom is 0.350 e. The summed E-state index contributed by atoms with van der Waals surface area (Å²) in [5, 5.41) is 8.19. The van der Waals surface area contributed by atoms with Crippen molar-refractivity contribution in [3.8, 4) is 5.69 Å². The Kier molecular flexibility index (Phi) is 5.44. The summed E-state index contributed by atoms with van der Waals surface area (Å²) in [5.74, 6) is 1.14. The van der Waals surface area contributed by atoms with Crippen LogP contribution in [0.5, 0.6) is 0 Å². The van der Waals surface area contributed by atoms with Crippen molar-refractivity contribution in [3.05, 3.63) is 76.7 Å². The molecule has 27 heavy (non-hydrogen) atoms. The molecular formula is C21H25N5O. The standard InChI is InChI=1S/C21H25N5O/c27-21-25(14-6-8-17-7-4-12-22-15-17)24-20(18-9-5-13-23-16-18)26(21)19-10-2-1-3-11-19/h1-4,7,10-12,15,18,23H,5-6,8-9,13-14,16H2/t18-/m1/s1. The van der Waals surface area contributed by atoms with E-state index in [0.717, 1.165) is 50.3 Å². The second-order valence-corrected chi connectivity index (χ2v) is 7.04. The Morgan fingerprint density at radius 3 is 2.78 bits per heavy atom. The molecular weight excluding hydrogens is 338 g/mol. The number of aromatic nitrogens is 4. The zero-order chi connectivity index (χ0) is 18.5. The van der Waals surface area contributed by atoms with E-state index in [4.69, 9.17) is 5.10 Å². The molecule has 1 aliphatic heterocycles. The average molecular weight is 363 g/mol. The summed E-state index contributed by atoms with van der Waals surface area (Å²) in [6, 6.07) is 13.9. The van der Waals surface area contributed by atoms with Crippen molar-refractivity contribution in [3.63, 3.8) is 0 Å². The zero-order valence-corrected chi connectivity index (χ0v) is 15.4. The molecule has 6 nitrogen and oxygen atoms in total. The molecule has 0 spiro atoms. The second kappa shape index (κ2) is 8.31. The minimum atomic E-state index is -0.0482. The van der Waals surface area contributed by atoms with Gasteiger partial charge < -0.3 is 5.32 Å². The summed E-state index contributed by atoms with van der Waals surface area (Å²) in [4.78, 5) is 17.3. The number of nitrogens with zero attached hydrogens (tertiary/aromatic N) is 4. The number of hydrogen-bond acceptors (Lipinski definition) is 4.